The van der Waals surface area contributed by atoms with Crippen LogP contribution in [0.25, 0.3) is 0 Å². The summed E-state index contributed by atoms with van der Waals surface area (Å²) in [7, 11) is 0. The van der Waals surface area contributed by atoms with Crippen LogP contribution in [0.5, 0.6) is 0 Å². The summed E-state index contributed by atoms with van der Waals surface area (Å²) in [6.45, 7) is 4.34. The zero-order chi connectivity index (χ0) is 5.21. The van der Waals surface area contributed by atoms with Crippen LogP contribution in [0.1, 0.15) is 13.8 Å². The summed E-state index contributed by atoms with van der Waals surface area (Å²) in [5.74, 6) is 0. The molecule has 0 saturated carbocycles. The third-order valence-corrected chi connectivity index (χ3v) is 0.526. The van der Waals surface area contributed by atoms with E-state index in [-0.39, 0.29) is 43.3 Å². The minimum absolute atomic E-state index is 0. The minimum Gasteiger partial charge on any atom is -0.329 e. The van der Waals surface area contributed by atoms with Crippen LogP contribution >= 0.6 is 0 Å². The van der Waals surface area contributed by atoms with Crippen molar-refractivity contribution < 1.29 is 37.7 Å². The van der Waals surface area contributed by atoms with E-state index in [1.807, 2.05) is 13.8 Å². The smallest absolute Gasteiger partial charge is 0.0221 e. The van der Waals surface area contributed by atoms with E-state index in [4.69, 9.17) is 11.5 Å². The molecule has 0 aromatic carbocycles. The first-order chi connectivity index (χ1) is 2.56. The number of nitrogens with two attached hydrogens (primary N) is 2. The van der Waals surface area contributed by atoms with E-state index in [0.717, 1.165) is 0 Å². The third-order valence-electron chi connectivity index (χ3n) is 0.526. The molecule has 0 aromatic rings. The molecule has 0 aliphatic rings. The Bertz CT molecular complexity index is 39.4. The van der Waals surface area contributed by atoms with E-state index in [1.54, 1.807) is 0 Å². The van der Waals surface area contributed by atoms with Crippen molar-refractivity contribution in [2.45, 2.75) is 19.4 Å². The molecule has 2 nitrogen and oxygen atoms in total. The van der Waals surface area contributed by atoms with Crippen molar-refractivity contribution in [2.75, 3.05) is 6.54 Å². The van der Waals surface area contributed by atoms with Gasteiger partial charge < -0.3 is 11.5 Å². The summed E-state index contributed by atoms with van der Waals surface area (Å²) in [6, 6.07) is 0. The van der Waals surface area contributed by atoms with Gasteiger partial charge in [-0.05, 0) is 13.8 Å². The fourth-order valence-corrected chi connectivity index (χ4v) is 0. The predicted molar refractivity (Wildman–Crippen MR) is 27.3 cm³/mol. The fourth-order valence-electron chi connectivity index (χ4n) is 0. The van der Waals surface area contributed by atoms with Crippen LogP contribution in [0.3, 0.4) is 0 Å². The van der Waals surface area contributed by atoms with Gasteiger partial charge in [-0.1, -0.05) is 0 Å². The van der Waals surface area contributed by atoms with E-state index in [9.17, 15) is 0 Å². The molecule has 0 bridgehead atoms. The molecular formula is C4H12ArN2. The van der Waals surface area contributed by atoms with E-state index in [0.29, 0.717) is 6.54 Å². The molecule has 0 unspecified atom stereocenters. The average Bonchev–Trinajstić information content (AvgIpc) is 1.35. The summed E-state index contributed by atoms with van der Waals surface area (Å²) >= 11 is 0. The Morgan fingerprint density at radius 2 is 1.57 bits per heavy atom. The maximum atomic E-state index is 5.41. The first-order valence-corrected chi connectivity index (χ1v) is 2.05. The maximum Gasteiger partial charge on any atom is 0.0221 e. The molecule has 0 aliphatic heterocycles. The van der Waals surface area contributed by atoms with E-state index >= 15 is 0 Å². The Hall–Kier alpha value is 1.18. The number of rotatable bonds is 1. The van der Waals surface area contributed by atoms with E-state index < -0.39 is 0 Å². The molecule has 0 atom stereocenters. The number of hydrogen-bond donors (Lipinski definition) is 2. The van der Waals surface area contributed by atoms with Crippen LogP contribution in [0.15, 0.2) is 0 Å². The largest absolute Gasteiger partial charge is 0.329 e. The maximum absolute atomic E-state index is 5.41. The van der Waals surface area contributed by atoms with Gasteiger partial charge in [0.25, 0.3) is 0 Å². The SMILES string of the molecule is CC(C)(N)CN.[Ar]. The van der Waals surface area contributed by atoms with Gasteiger partial charge in [0.15, 0.2) is 0 Å². The Morgan fingerprint density at radius 3 is 1.57 bits per heavy atom. The summed E-state index contributed by atoms with van der Waals surface area (Å²) < 4.78 is 0. The van der Waals surface area contributed by atoms with Crippen molar-refractivity contribution >= 4 is 0 Å². The molecule has 0 spiro atoms. The normalized spacial score (nSPS) is 10.3. The predicted octanol–water partition coefficient (Wildman–Crippen LogP) is -0.318. The molecule has 4 N–H and O–H groups in total. The van der Waals surface area contributed by atoms with Crippen molar-refractivity contribution in [3.63, 3.8) is 0 Å². The standard InChI is InChI=1S/C4H12N2.Ar/c1-4(2,6)3-5;/h3,5-6H2,1-2H3;. The van der Waals surface area contributed by atoms with Crippen LogP contribution in [0, 0.1) is 37.7 Å². The molecule has 0 rings (SSSR count). The molecule has 0 radical (unpaired) electrons. The molecular weight excluding hydrogens is 116 g/mol. The first kappa shape index (κ1) is 11.0. The van der Waals surface area contributed by atoms with Gasteiger partial charge in [0.2, 0.25) is 0 Å². The van der Waals surface area contributed by atoms with Crippen molar-refractivity contribution in [3.8, 4) is 0 Å². The van der Waals surface area contributed by atoms with Gasteiger partial charge in [0.05, 0.1) is 0 Å². The van der Waals surface area contributed by atoms with Gasteiger partial charge in [0.1, 0.15) is 0 Å². The van der Waals surface area contributed by atoms with Crippen LogP contribution < -0.4 is 11.5 Å². The second kappa shape index (κ2) is 4.10. The fraction of sp³-hybridized carbons (Fsp3) is 1.00. The molecule has 0 aliphatic carbocycles. The number of hydrogen-bond acceptors (Lipinski definition) is 2. The van der Waals surface area contributed by atoms with Crippen LogP contribution in [0.4, 0.5) is 0 Å². The van der Waals surface area contributed by atoms with Gasteiger partial charge in [-0.25, -0.2) is 0 Å². The monoisotopic (exact) mass is 128 g/mol. The van der Waals surface area contributed by atoms with Crippen LogP contribution in [-0.2, 0) is 0 Å². The van der Waals surface area contributed by atoms with Crippen LogP contribution in [-0.4, -0.2) is 12.1 Å². The summed E-state index contributed by atoms with van der Waals surface area (Å²) in [5.41, 5.74) is 10.4. The Labute approximate surface area is 74.6 Å². The first-order valence-electron chi connectivity index (χ1n) is 2.05. The molecule has 46 valence electrons. The summed E-state index contributed by atoms with van der Waals surface area (Å²) in [6.07, 6.45) is 0. The minimum atomic E-state index is -0.181. The van der Waals surface area contributed by atoms with Gasteiger partial charge in [0, 0.05) is 49.8 Å². The molecule has 0 aromatic heterocycles. The van der Waals surface area contributed by atoms with Crippen LogP contribution in [0.2, 0.25) is 0 Å². The van der Waals surface area contributed by atoms with Gasteiger partial charge in [-0.15, -0.1) is 0 Å². The van der Waals surface area contributed by atoms with Crippen molar-refractivity contribution in [3.05, 3.63) is 0 Å². The second-order valence-electron chi connectivity index (χ2n) is 2.19. The van der Waals surface area contributed by atoms with Gasteiger partial charge in [-0.3, -0.25) is 0 Å². The van der Waals surface area contributed by atoms with Crippen molar-refractivity contribution in [1.82, 2.24) is 0 Å². The quantitative estimate of drug-likeness (QED) is 0.508. The molecule has 3 heteroatoms. The van der Waals surface area contributed by atoms with Gasteiger partial charge >= 0.3 is 0 Å². The molecule has 0 saturated heterocycles. The Morgan fingerprint density at radius 1 is 1.43 bits per heavy atom. The molecule has 0 amide bonds. The summed E-state index contributed by atoms with van der Waals surface area (Å²) in [5, 5.41) is 0. The zero-order valence-electron chi connectivity index (χ0n) is 4.72. The Balaban J connectivity index is 0. The van der Waals surface area contributed by atoms with Crippen molar-refractivity contribution in [1.29, 1.82) is 0 Å². The topological polar surface area (TPSA) is 52.0 Å². The zero-order valence-corrected chi connectivity index (χ0v) is 5.42. The summed E-state index contributed by atoms with van der Waals surface area (Å²) in [4.78, 5) is 0. The Kier molecular flexibility index (Phi) is 6.46. The molecule has 0 fully saturated rings. The van der Waals surface area contributed by atoms with E-state index in [1.165, 1.54) is 0 Å². The average molecular weight is 128 g/mol. The van der Waals surface area contributed by atoms with Gasteiger partial charge in [-0.2, -0.15) is 0 Å². The van der Waals surface area contributed by atoms with Crippen molar-refractivity contribution in [2.24, 2.45) is 11.5 Å². The van der Waals surface area contributed by atoms with E-state index in [2.05, 4.69) is 0 Å². The third kappa shape index (κ3) is 11.0. The second-order valence-corrected chi connectivity index (χ2v) is 2.19. The molecule has 0 heterocycles. The molecule has 7 heavy (non-hydrogen) atoms.